The number of rotatable bonds is 5. The summed E-state index contributed by atoms with van der Waals surface area (Å²) in [5.74, 6) is -1.25. The van der Waals surface area contributed by atoms with Gasteiger partial charge in [0.05, 0.1) is 5.75 Å². The molecule has 98 valence electrons. The molecule has 0 atom stereocenters. The monoisotopic (exact) mass is 262 g/mol. The number of hydrogen-bond acceptors (Lipinski definition) is 5. The number of carbonyl (C=O) groups excluding carboxylic acids is 2. The minimum atomic E-state index is -3.43. The molecule has 0 unspecified atom stereocenters. The summed E-state index contributed by atoms with van der Waals surface area (Å²) in [6, 6.07) is 0. The van der Waals surface area contributed by atoms with Gasteiger partial charge in [-0.15, -0.1) is 0 Å². The predicted octanol–water partition coefficient (Wildman–Crippen LogP) is -1.19. The van der Waals surface area contributed by atoms with E-state index in [2.05, 4.69) is 5.32 Å². The van der Waals surface area contributed by atoms with Crippen LogP contribution in [0.5, 0.6) is 0 Å². The Labute approximate surface area is 101 Å². The molecule has 0 aromatic heterocycles. The second-order valence-electron chi connectivity index (χ2n) is 4.17. The van der Waals surface area contributed by atoms with Gasteiger partial charge in [-0.25, -0.2) is 8.42 Å². The van der Waals surface area contributed by atoms with Gasteiger partial charge >= 0.3 is 0 Å². The standard InChI is InChI=1S/C10H18N2O4S/c1-9(13)8-17(15,16)7-2-10(14)12-5-3-11-4-6-12/h11H,2-8H2,1H3. The van der Waals surface area contributed by atoms with E-state index >= 15 is 0 Å². The van der Waals surface area contributed by atoms with Crippen molar-refractivity contribution in [2.24, 2.45) is 0 Å². The quantitative estimate of drug-likeness (QED) is 0.674. The number of amides is 1. The third-order valence-corrected chi connectivity index (χ3v) is 4.19. The minimum absolute atomic E-state index is 0.0321. The van der Waals surface area contributed by atoms with Crippen LogP contribution in [0.4, 0.5) is 0 Å². The fourth-order valence-corrected chi connectivity index (χ4v) is 2.95. The Hall–Kier alpha value is -0.950. The molecule has 0 radical (unpaired) electrons. The highest BCUT2D eigenvalue weighted by molar-refractivity contribution is 7.92. The Morgan fingerprint density at radius 3 is 2.35 bits per heavy atom. The molecule has 7 heteroatoms. The first-order valence-corrected chi connectivity index (χ1v) is 7.41. The molecule has 0 saturated carbocycles. The van der Waals surface area contributed by atoms with Gasteiger partial charge in [0.25, 0.3) is 0 Å². The van der Waals surface area contributed by atoms with E-state index in [9.17, 15) is 18.0 Å². The first-order chi connectivity index (χ1) is 7.91. The zero-order valence-corrected chi connectivity index (χ0v) is 10.8. The maximum Gasteiger partial charge on any atom is 0.223 e. The maximum absolute atomic E-state index is 11.7. The van der Waals surface area contributed by atoms with E-state index in [4.69, 9.17) is 0 Å². The van der Waals surface area contributed by atoms with Crippen molar-refractivity contribution in [3.05, 3.63) is 0 Å². The van der Waals surface area contributed by atoms with Crippen LogP contribution in [0.1, 0.15) is 13.3 Å². The molecule has 1 heterocycles. The Morgan fingerprint density at radius 2 is 1.82 bits per heavy atom. The van der Waals surface area contributed by atoms with Gasteiger partial charge < -0.3 is 10.2 Å². The van der Waals surface area contributed by atoms with E-state index in [-0.39, 0.29) is 23.9 Å². The van der Waals surface area contributed by atoms with Crippen LogP contribution in [-0.4, -0.2) is 62.7 Å². The predicted molar refractivity (Wildman–Crippen MR) is 63.4 cm³/mol. The van der Waals surface area contributed by atoms with Crippen molar-refractivity contribution in [1.82, 2.24) is 10.2 Å². The summed E-state index contributed by atoms with van der Waals surface area (Å²) in [6.45, 7) is 3.95. The molecule has 17 heavy (non-hydrogen) atoms. The first kappa shape index (κ1) is 14.1. The van der Waals surface area contributed by atoms with Crippen molar-refractivity contribution >= 4 is 21.5 Å². The highest BCUT2D eigenvalue weighted by atomic mass is 32.2. The van der Waals surface area contributed by atoms with Crippen molar-refractivity contribution < 1.29 is 18.0 Å². The maximum atomic E-state index is 11.7. The summed E-state index contributed by atoms with van der Waals surface area (Å²) in [4.78, 5) is 24.1. The molecule has 1 fully saturated rings. The van der Waals surface area contributed by atoms with E-state index < -0.39 is 15.6 Å². The summed E-state index contributed by atoms with van der Waals surface area (Å²) >= 11 is 0. The number of ketones is 1. The van der Waals surface area contributed by atoms with Crippen LogP contribution in [0, 0.1) is 0 Å². The molecular formula is C10H18N2O4S. The Morgan fingerprint density at radius 1 is 1.24 bits per heavy atom. The van der Waals surface area contributed by atoms with Crippen molar-refractivity contribution in [1.29, 1.82) is 0 Å². The lowest BCUT2D eigenvalue weighted by Crippen LogP contribution is -2.46. The van der Waals surface area contributed by atoms with Gasteiger partial charge in [-0.3, -0.25) is 9.59 Å². The number of nitrogens with zero attached hydrogens (tertiary/aromatic N) is 1. The number of sulfone groups is 1. The molecule has 1 amide bonds. The third-order valence-electron chi connectivity index (χ3n) is 2.52. The number of carbonyl (C=O) groups is 2. The summed E-state index contributed by atoms with van der Waals surface area (Å²) in [5.41, 5.74) is 0. The van der Waals surface area contributed by atoms with Crippen molar-refractivity contribution in [3.63, 3.8) is 0 Å². The van der Waals surface area contributed by atoms with Crippen LogP contribution in [0.3, 0.4) is 0 Å². The van der Waals surface area contributed by atoms with Gasteiger partial charge in [0.15, 0.2) is 9.84 Å². The normalized spacial score (nSPS) is 16.9. The van der Waals surface area contributed by atoms with Crippen molar-refractivity contribution in [2.45, 2.75) is 13.3 Å². The fourth-order valence-electron chi connectivity index (χ4n) is 1.70. The molecule has 0 bridgehead atoms. The van der Waals surface area contributed by atoms with E-state index in [1.165, 1.54) is 6.92 Å². The van der Waals surface area contributed by atoms with Crippen LogP contribution >= 0.6 is 0 Å². The molecule has 1 rings (SSSR count). The smallest absolute Gasteiger partial charge is 0.223 e. The van der Waals surface area contributed by atoms with Gasteiger partial charge in [-0.2, -0.15) is 0 Å². The van der Waals surface area contributed by atoms with Crippen LogP contribution in [0.15, 0.2) is 0 Å². The number of Topliss-reactive ketones (excluding diaryl/α,β-unsaturated/α-hetero) is 1. The number of nitrogens with one attached hydrogen (secondary N) is 1. The summed E-state index contributed by atoms with van der Waals surface area (Å²) in [6.07, 6.45) is -0.0321. The molecular weight excluding hydrogens is 244 g/mol. The topological polar surface area (TPSA) is 83.5 Å². The number of hydrogen-bond donors (Lipinski definition) is 1. The molecule has 0 aromatic rings. The van der Waals surface area contributed by atoms with E-state index in [1.54, 1.807) is 4.90 Å². The molecule has 0 aromatic carbocycles. The average Bonchev–Trinajstić information content (AvgIpc) is 2.25. The van der Waals surface area contributed by atoms with Crippen molar-refractivity contribution in [3.8, 4) is 0 Å². The molecule has 1 aliphatic heterocycles. The van der Waals surface area contributed by atoms with E-state index in [0.29, 0.717) is 13.1 Å². The van der Waals surface area contributed by atoms with Crippen LogP contribution in [0.2, 0.25) is 0 Å². The van der Waals surface area contributed by atoms with Crippen molar-refractivity contribution in [2.75, 3.05) is 37.7 Å². The Kier molecular flexibility index (Phi) is 5.07. The van der Waals surface area contributed by atoms with Gasteiger partial charge in [0.2, 0.25) is 5.91 Å². The second kappa shape index (κ2) is 6.11. The molecule has 0 spiro atoms. The van der Waals surface area contributed by atoms with Gasteiger partial charge in [-0.1, -0.05) is 0 Å². The second-order valence-corrected chi connectivity index (χ2v) is 6.36. The molecule has 0 aliphatic carbocycles. The van der Waals surface area contributed by atoms with E-state index in [1.807, 2.05) is 0 Å². The molecule has 1 aliphatic rings. The largest absolute Gasteiger partial charge is 0.340 e. The highest BCUT2D eigenvalue weighted by Gasteiger charge is 2.20. The van der Waals surface area contributed by atoms with Crippen LogP contribution in [0.25, 0.3) is 0 Å². The summed E-state index contributed by atoms with van der Waals surface area (Å²) in [7, 11) is -3.43. The molecule has 6 nitrogen and oxygen atoms in total. The van der Waals surface area contributed by atoms with Gasteiger partial charge in [0, 0.05) is 32.6 Å². The average molecular weight is 262 g/mol. The summed E-state index contributed by atoms with van der Waals surface area (Å²) < 4.78 is 22.8. The Bertz CT molecular complexity index is 385. The highest BCUT2D eigenvalue weighted by Crippen LogP contribution is 2.01. The molecule has 1 saturated heterocycles. The zero-order chi connectivity index (χ0) is 12.9. The minimum Gasteiger partial charge on any atom is -0.340 e. The summed E-state index contributed by atoms with van der Waals surface area (Å²) in [5, 5.41) is 3.11. The number of piperazine rings is 1. The lowest BCUT2D eigenvalue weighted by molar-refractivity contribution is -0.131. The SMILES string of the molecule is CC(=O)CS(=O)(=O)CCC(=O)N1CCNCC1. The lowest BCUT2D eigenvalue weighted by Gasteiger charge is -2.27. The molecule has 1 N–H and O–H groups in total. The van der Waals surface area contributed by atoms with Crippen LogP contribution in [-0.2, 0) is 19.4 Å². The lowest BCUT2D eigenvalue weighted by atomic mass is 10.3. The van der Waals surface area contributed by atoms with Crippen LogP contribution < -0.4 is 5.32 Å². The van der Waals surface area contributed by atoms with Gasteiger partial charge in [-0.05, 0) is 6.92 Å². The first-order valence-electron chi connectivity index (χ1n) is 5.59. The van der Waals surface area contributed by atoms with E-state index in [0.717, 1.165) is 13.1 Å². The zero-order valence-electron chi connectivity index (χ0n) is 9.94. The fraction of sp³-hybridized carbons (Fsp3) is 0.800. The Balaban J connectivity index is 2.39. The van der Waals surface area contributed by atoms with Gasteiger partial charge in [0.1, 0.15) is 11.5 Å². The third kappa shape index (κ3) is 5.27.